The van der Waals surface area contributed by atoms with E-state index in [9.17, 15) is 0 Å². The Balaban J connectivity index is 1.65. The zero-order valence-corrected chi connectivity index (χ0v) is 13.3. The molecule has 1 aromatic heterocycles. The number of piperidine rings is 1. The SMILES string of the molecule is CCc1nc(N2CCC(N3CCCCC3)C2)sc1CN. The molecule has 0 radical (unpaired) electrons. The highest BCUT2D eigenvalue weighted by Crippen LogP contribution is 2.30. The van der Waals surface area contributed by atoms with E-state index in [0.29, 0.717) is 6.54 Å². The average molecular weight is 294 g/mol. The molecule has 3 heterocycles. The van der Waals surface area contributed by atoms with Gasteiger partial charge in [0.05, 0.1) is 5.69 Å². The highest BCUT2D eigenvalue weighted by Gasteiger charge is 2.30. The molecule has 0 saturated carbocycles. The molecule has 1 unspecified atom stereocenters. The third kappa shape index (κ3) is 2.85. The average Bonchev–Trinajstić information content (AvgIpc) is 3.14. The fraction of sp³-hybridized carbons (Fsp3) is 0.800. The number of thiazole rings is 1. The van der Waals surface area contributed by atoms with Crippen molar-refractivity contribution in [3.05, 3.63) is 10.6 Å². The molecule has 0 amide bonds. The van der Waals surface area contributed by atoms with Gasteiger partial charge in [0.15, 0.2) is 5.13 Å². The van der Waals surface area contributed by atoms with Crippen molar-refractivity contribution >= 4 is 16.5 Å². The van der Waals surface area contributed by atoms with Gasteiger partial charge in [-0.2, -0.15) is 0 Å². The summed E-state index contributed by atoms with van der Waals surface area (Å²) in [4.78, 5) is 11.2. The second kappa shape index (κ2) is 6.41. The molecular formula is C15H26N4S. The van der Waals surface area contributed by atoms with E-state index in [0.717, 1.165) is 25.6 Å². The van der Waals surface area contributed by atoms with E-state index in [4.69, 9.17) is 10.7 Å². The summed E-state index contributed by atoms with van der Waals surface area (Å²) in [5.74, 6) is 0. The summed E-state index contributed by atoms with van der Waals surface area (Å²) >= 11 is 1.80. The summed E-state index contributed by atoms with van der Waals surface area (Å²) in [5.41, 5.74) is 7.03. The topological polar surface area (TPSA) is 45.4 Å². The first kappa shape index (κ1) is 14.3. The molecule has 2 aliphatic heterocycles. The summed E-state index contributed by atoms with van der Waals surface area (Å²) < 4.78 is 0. The van der Waals surface area contributed by atoms with Crippen LogP contribution in [0.3, 0.4) is 0 Å². The molecular weight excluding hydrogens is 268 g/mol. The van der Waals surface area contributed by atoms with Crippen LogP contribution in [-0.2, 0) is 13.0 Å². The minimum absolute atomic E-state index is 0.629. The van der Waals surface area contributed by atoms with Crippen molar-refractivity contribution in [2.24, 2.45) is 5.73 Å². The molecule has 112 valence electrons. The van der Waals surface area contributed by atoms with Crippen LogP contribution in [-0.4, -0.2) is 42.1 Å². The van der Waals surface area contributed by atoms with Crippen LogP contribution in [0.15, 0.2) is 0 Å². The van der Waals surface area contributed by atoms with Gasteiger partial charge in [-0.3, -0.25) is 4.90 Å². The lowest BCUT2D eigenvalue weighted by Crippen LogP contribution is -2.40. The molecule has 0 aliphatic carbocycles. The van der Waals surface area contributed by atoms with Crippen molar-refractivity contribution in [1.82, 2.24) is 9.88 Å². The Morgan fingerprint density at radius 1 is 1.25 bits per heavy atom. The molecule has 20 heavy (non-hydrogen) atoms. The maximum absolute atomic E-state index is 5.83. The lowest BCUT2D eigenvalue weighted by atomic mass is 10.1. The van der Waals surface area contributed by atoms with Gasteiger partial charge in [-0.15, -0.1) is 11.3 Å². The first-order valence-corrected chi connectivity index (χ1v) is 8.81. The first-order valence-electron chi connectivity index (χ1n) is 7.99. The molecule has 4 nitrogen and oxygen atoms in total. The third-order valence-corrected chi connectivity index (χ3v) is 5.81. The van der Waals surface area contributed by atoms with Gasteiger partial charge in [0.25, 0.3) is 0 Å². The molecule has 5 heteroatoms. The number of anilines is 1. The van der Waals surface area contributed by atoms with Gasteiger partial charge in [-0.25, -0.2) is 4.98 Å². The Labute approximate surface area is 126 Å². The maximum Gasteiger partial charge on any atom is 0.185 e. The van der Waals surface area contributed by atoms with Gasteiger partial charge >= 0.3 is 0 Å². The maximum atomic E-state index is 5.83. The monoisotopic (exact) mass is 294 g/mol. The fourth-order valence-corrected chi connectivity index (χ4v) is 4.50. The molecule has 2 saturated heterocycles. The van der Waals surface area contributed by atoms with Gasteiger partial charge in [0.1, 0.15) is 0 Å². The summed E-state index contributed by atoms with van der Waals surface area (Å²) in [6.45, 7) is 7.69. The van der Waals surface area contributed by atoms with Crippen LogP contribution < -0.4 is 10.6 Å². The molecule has 2 N–H and O–H groups in total. The van der Waals surface area contributed by atoms with Gasteiger partial charge in [-0.1, -0.05) is 13.3 Å². The van der Waals surface area contributed by atoms with Crippen molar-refractivity contribution in [1.29, 1.82) is 0 Å². The van der Waals surface area contributed by atoms with Crippen molar-refractivity contribution in [2.45, 2.75) is 51.6 Å². The van der Waals surface area contributed by atoms with Crippen LogP contribution in [0.25, 0.3) is 0 Å². The van der Waals surface area contributed by atoms with Crippen LogP contribution in [0, 0.1) is 0 Å². The zero-order valence-electron chi connectivity index (χ0n) is 12.5. The van der Waals surface area contributed by atoms with Gasteiger partial charge in [-0.05, 0) is 38.8 Å². The molecule has 0 bridgehead atoms. The Bertz CT molecular complexity index is 418. The standard InChI is InChI=1S/C15H26N4S/c1-2-13-14(10-16)20-15(17-13)19-9-6-12(11-19)18-7-4-3-5-8-18/h12H,2-11,16H2,1H3. The molecule has 2 fully saturated rings. The predicted octanol–water partition coefficient (Wildman–Crippen LogP) is 2.23. The first-order chi connectivity index (χ1) is 9.81. The van der Waals surface area contributed by atoms with Crippen LogP contribution >= 0.6 is 11.3 Å². The number of aryl methyl sites for hydroxylation is 1. The van der Waals surface area contributed by atoms with Gasteiger partial charge in [0.2, 0.25) is 0 Å². The molecule has 0 aromatic carbocycles. The molecule has 1 aromatic rings. The smallest absolute Gasteiger partial charge is 0.185 e. The van der Waals surface area contributed by atoms with Crippen LogP contribution in [0.4, 0.5) is 5.13 Å². The Hall–Kier alpha value is -0.650. The lowest BCUT2D eigenvalue weighted by molar-refractivity contribution is 0.175. The summed E-state index contributed by atoms with van der Waals surface area (Å²) in [5, 5.41) is 1.20. The second-order valence-corrected chi connectivity index (χ2v) is 6.97. The van der Waals surface area contributed by atoms with E-state index >= 15 is 0 Å². The Morgan fingerprint density at radius 2 is 2.05 bits per heavy atom. The Morgan fingerprint density at radius 3 is 2.70 bits per heavy atom. The minimum atomic E-state index is 0.629. The number of nitrogens with zero attached hydrogens (tertiary/aromatic N) is 3. The van der Waals surface area contributed by atoms with Crippen molar-refractivity contribution in [3.63, 3.8) is 0 Å². The predicted molar refractivity (Wildman–Crippen MR) is 85.4 cm³/mol. The Kier molecular flexibility index (Phi) is 4.58. The quantitative estimate of drug-likeness (QED) is 0.925. The largest absolute Gasteiger partial charge is 0.346 e. The number of hydrogen-bond acceptors (Lipinski definition) is 5. The van der Waals surface area contributed by atoms with E-state index in [-0.39, 0.29) is 0 Å². The van der Waals surface area contributed by atoms with E-state index in [1.807, 2.05) is 0 Å². The lowest BCUT2D eigenvalue weighted by Gasteiger charge is -2.32. The van der Waals surface area contributed by atoms with E-state index in [2.05, 4.69) is 16.7 Å². The minimum Gasteiger partial charge on any atom is -0.346 e. The van der Waals surface area contributed by atoms with E-state index < -0.39 is 0 Å². The highest BCUT2D eigenvalue weighted by molar-refractivity contribution is 7.15. The molecule has 2 aliphatic rings. The zero-order chi connectivity index (χ0) is 13.9. The summed E-state index contributed by atoms with van der Waals surface area (Å²) in [7, 11) is 0. The van der Waals surface area contributed by atoms with Gasteiger partial charge in [0, 0.05) is 30.6 Å². The normalized spacial score (nSPS) is 24.5. The van der Waals surface area contributed by atoms with Crippen LogP contribution in [0.2, 0.25) is 0 Å². The molecule has 0 spiro atoms. The summed E-state index contributed by atoms with van der Waals surface area (Å²) in [6.07, 6.45) is 6.46. The molecule has 1 atom stereocenters. The van der Waals surface area contributed by atoms with Crippen molar-refractivity contribution < 1.29 is 0 Å². The summed E-state index contributed by atoms with van der Waals surface area (Å²) in [6, 6.07) is 0.741. The van der Waals surface area contributed by atoms with Gasteiger partial charge < -0.3 is 10.6 Å². The fourth-order valence-electron chi connectivity index (χ4n) is 3.44. The number of nitrogens with two attached hydrogens (primary N) is 1. The van der Waals surface area contributed by atoms with Crippen LogP contribution in [0.1, 0.15) is 43.2 Å². The number of aromatic nitrogens is 1. The van der Waals surface area contributed by atoms with Crippen molar-refractivity contribution in [3.8, 4) is 0 Å². The second-order valence-electron chi connectivity index (χ2n) is 5.91. The third-order valence-electron chi connectivity index (χ3n) is 4.63. The number of hydrogen-bond donors (Lipinski definition) is 1. The highest BCUT2D eigenvalue weighted by atomic mass is 32.1. The number of rotatable bonds is 4. The number of likely N-dealkylation sites (tertiary alicyclic amines) is 1. The van der Waals surface area contributed by atoms with Crippen LogP contribution in [0.5, 0.6) is 0 Å². The molecule has 3 rings (SSSR count). The van der Waals surface area contributed by atoms with Crippen molar-refractivity contribution in [2.75, 3.05) is 31.1 Å². The van der Waals surface area contributed by atoms with E-state index in [1.165, 1.54) is 54.5 Å². The van der Waals surface area contributed by atoms with E-state index in [1.54, 1.807) is 11.3 Å².